The van der Waals surface area contributed by atoms with E-state index in [1.807, 2.05) is 0 Å². The monoisotopic (exact) mass is 293 g/mol. The van der Waals surface area contributed by atoms with Gasteiger partial charge in [-0.15, -0.1) is 0 Å². The van der Waals surface area contributed by atoms with Gasteiger partial charge in [0.25, 0.3) is 0 Å². The lowest BCUT2D eigenvalue weighted by Crippen LogP contribution is -2.34. The van der Waals surface area contributed by atoms with Gasteiger partial charge in [-0.2, -0.15) is 0 Å². The number of rotatable bonds is 9. The summed E-state index contributed by atoms with van der Waals surface area (Å²) < 4.78 is 5.90. The van der Waals surface area contributed by atoms with E-state index in [2.05, 4.69) is 51.2 Å². The van der Waals surface area contributed by atoms with Gasteiger partial charge in [0.1, 0.15) is 5.75 Å². The topological polar surface area (TPSA) is 41.5 Å². The summed E-state index contributed by atoms with van der Waals surface area (Å²) in [5, 5.41) is 12.6. The van der Waals surface area contributed by atoms with Gasteiger partial charge < -0.3 is 15.2 Å². The predicted molar refractivity (Wildman–Crippen MR) is 89.0 cm³/mol. The highest BCUT2D eigenvalue weighted by atomic mass is 16.5. The van der Waals surface area contributed by atoms with E-state index in [9.17, 15) is 5.11 Å². The molecular weight excluding hydrogens is 262 g/mol. The van der Waals surface area contributed by atoms with E-state index in [1.54, 1.807) is 6.92 Å². The maximum absolute atomic E-state index is 9.26. The minimum Gasteiger partial charge on any atom is -0.493 e. The molecule has 0 fully saturated rings. The second-order valence-corrected chi connectivity index (χ2v) is 6.87. The molecule has 0 aliphatic rings. The summed E-state index contributed by atoms with van der Waals surface area (Å²) in [5.74, 6) is 1.00. The molecule has 0 amide bonds. The summed E-state index contributed by atoms with van der Waals surface area (Å²) in [6.07, 6.45) is 1.86. The van der Waals surface area contributed by atoms with Crippen LogP contribution >= 0.6 is 0 Å². The van der Waals surface area contributed by atoms with E-state index in [4.69, 9.17) is 4.74 Å². The third kappa shape index (κ3) is 7.49. The maximum atomic E-state index is 9.26. The standard InChI is InChI=1S/C18H31NO2/c1-14-7-8-15(2)17(11-14)21-10-6-9-18(4,5)13-19-12-16(3)20/h7-8,11,16,19-20H,6,9-10,12-13H2,1-5H3. The minimum atomic E-state index is -0.284. The van der Waals surface area contributed by atoms with E-state index in [0.717, 1.165) is 31.7 Å². The van der Waals surface area contributed by atoms with Crippen LogP contribution in [0.4, 0.5) is 0 Å². The number of hydrogen-bond donors (Lipinski definition) is 2. The van der Waals surface area contributed by atoms with E-state index in [0.29, 0.717) is 6.54 Å². The number of aryl methyl sites for hydroxylation is 2. The average Bonchev–Trinajstić information content (AvgIpc) is 2.38. The van der Waals surface area contributed by atoms with Gasteiger partial charge in [-0.25, -0.2) is 0 Å². The van der Waals surface area contributed by atoms with Crippen LogP contribution in [-0.4, -0.2) is 30.9 Å². The van der Waals surface area contributed by atoms with Crippen molar-refractivity contribution in [1.82, 2.24) is 5.32 Å². The number of benzene rings is 1. The summed E-state index contributed by atoms with van der Waals surface area (Å²) in [5.41, 5.74) is 2.65. The molecule has 1 rings (SSSR count). The van der Waals surface area contributed by atoms with Crippen LogP contribution in [-0.2, 0) is 0 Å². The molecule has 120 valence electrons. The Morgan fingerprint density at radius 3 is 2.67 bits per heavy atom. The van der Waals surface area contributed by atoms with Crippen molar-refractivity contribution in [3.05, 3.63) is 29.3 Å². The molecule has 1 atom stereocenters. The Morgan fingerprint density at radius 1 is 1.29 bits per heavy atom. The third-order valence-electron chi connectivity index (χ3n) is 3.64. The zero-order valence-electron chi connectivity index (χ0n) is 14.2. The van der Waals surface area contributed by atoms with Gasteiger partial charge >= 0.3 is 0 Å². The molecule has 0 heterocycles. The van der Waals surface area contributed by atoms with Gasteiger partial charge in [-0.3, -0.25) is 0 Å². The summed E-state index contributed by atoms with van der Waals surface area (Å²) >= 11 is 0. The number of aliphatic hydroxyl groups is 1. The Bertz CT molecular complexity index is 427. The first kappa shape index (κ1) is 18.0. The largest absolute Gasteiger partial charge is 0.493 e. The molecule has 3 nitrogen and oxygen atoms in total. The van der Waals surface area contributed by atoms with Gasteiger partial charge in [0.05, 0.1) is 12.7 Å². The fraction of sp³-hybridized carbons (Fsp3) is 0.667. The van der Waals surface area contributed by atoms with E-state index < -0.39 is 0 Å². The molecule has 1 unspecified atom stereocenters. The SMILES string of the molecule is Cc1ccc(C)c(OCCCC(C)(C)CNCC(C)O)c1. The molecule has 0 radical (unpaired) electrons. The van der Waals surface area contributed by atoms with Gasteiger partial charge in [0.15, 0.2) is 0 Å². The van der Waals surface area contributed by atoms with Gasteiger partial charge in [-0.1, -0.05) is 26.0 Å². The van der Waals surface area contributed by atoms with Crippen molar-refractivity contribution in [3.8, 4) is 5.75 Å². The van der Waals surface area contributed by atoms with Crippen molar-refractivity contribution in [1.29, 1.82) is 0 Å². The van der Waals surface area contributed by atoms with Crippen molar-refractivity contribution < 1.29 is 9.84 Å². The Kier molecular flexibility index (Phi) is 7.20. The van der Waals surface area contributed by atoms with Crippen LogP contribution in [0, 0.1) is 19.3 Å². The van der Waals surface area contributed by atoms with Crippen LogP contribution in [0.2, 0.25) is 0 Å². The Labute approximate surface area is 129 Å². The highest BCUT2D eigenvalue weighted by Gasteiger charge is 2.17. The Hall–Kier alpha value is -1.06. The number of hydrogen-bond acceptors (Lipinski definition) is 3. The maximum Gasteiger partial charge on any atom is 0.122 e. The fourth-order valence-electron chi connectivity index (χ4n) is 2.30. The molecule has 0 aliphatic carbocycles. The highest BCUT2D eigenvalue weighted by Crippen LogP contribution is 2.23. The molecule has 2 N–H and O–H groups in total. The number of ether oxygens (including phenoxy) is 1. The predicted octanol–water partition coefficient (Wildman–Crippen LogP) is 3.46. The Morgan fingerprint density at radius 2 is 2.00 bits per heavy atom. The first-order chi connectivity index (χ1) is 9.80. The van der Waals surface area contributed by atoms with Crippen molar-refractivity contribution in [2.45, 2.75) is 53.6 Å². The summed E-state index contributed by atoms with van der Waals surface area (Å²) in [6.45, 7) is 12.8. The summed E-state index contributed by atoms with van der Waals surface area (Å²) in [6, 6.07) is 6.32. The van der Waals surface area contributed by atoms with E-state index in [-0.39, 0.29) is 11.5 Å². The van der Waals surface area contributed by atoms with Gasteiger partial charge in [0.2, 0.25) is 0 Å². The third-order valence-corrected chi connectivity index (χ3v) is 3.64. The lowest BCUT2D eigenvalue weighted by molar-refractivity contribution is 0.180. The molecular formula is C18H31NO2. The lowest BCUT2D eigenvalue weighted by Gasteiger charge is -2.25. The molecule has 0 aliphatic heterocycles. The van der Waals surface area contributed by atoms with Crippen molar-refractivity contribution in [2.24, 2.45) is 5.41 Å². The second kappa shape index (κ2) is 8.40. The quantitative estimate of drug-likeness (QED) is 0.685. The van der Waals surface area contributed by atoms with Crippen molar-refractivity contribution in [2.75, 3.05) is 19.7 Å². The highest BCUT2D eigenvalue weighted by molar-refractivity contribution is 5.35. The van der Waals surface area contributed by atoms with E-state index >= 15 is 0 Å². The fourth-order valence-corrected chi connectivity index (χ4v) is 2.30. The lowest BCUT2D eigenvalue weighted by atomic mass is 9.88. The zero-order valence-corrected chi connectivity index (χ0v) is 14.2. The van der Waals surface area contributed by atoms with Crippen LogP contribution in [0.5, 0.6) is 5.75 Å². The Balaban J connectivity index is 2.27. The molecule has 3 heteroatoms. The molecule has 0 spiro atoms. The molecule has 1 aromatic rings. The summed E-state index contributed by atoms with van der Waals surface area (Å²) in [7, 11) is 0. The first-order valence-corrected chi connectivity index (χ1v) is 7.89. The van der Waals surface area contributed by atoms with Crippen molar-refractivity contribution >= 4 is 0 Å². The molecule has 0 aromatic heterocycles. The van der Waals surface area contributed by atoms with Gasteiger partial charge in [0, 0.05) is 13.1 Å². The second-order valence-electron chi connectivity index (χ2n) is 6.87. The number of nitrogens with one attached hydrogen (secondary N) is 1. The van der Waals surface area contributed by atoms with Crippen LogP contribution in [0.15, 0.2) is 18.2 Å². The average molecular weight is 293 g/mol. The zero-order chi connectivity index (χ0) is 15.9. The first-order valence-electron chi connectivity index (χ1n) is 7.89. The van der Waals surface area contributed by atoms with Crippen LogP contribution in [0.25, 0.3) is 0 Å². The molecule has 1 aromatic carbocycles. The minimum absolute atomic E-state index is 0.222. The van der Waals surface area contributed by atoms with Gasteiger partial charge in [-0.05, 0) is 56.2 Å². The van der Waals surface area contributed by atoms with Crippen LogP contribution in [0.3, 0.4) is 0 Å². The van der Waals surface area contributed by atoms with E-state index in [1.165, 1.54) is 11.1 Å². The molecule has 21 heavy (non-hydrogen) atoms. The molecule has 0 bridgehead atoms. The van der Waals surface area contributed by atoms with Crippen LogP contribution in [0.1, 0.15) is 44.7 Å². The molecule has 0 saturated carbocycles. The smallest absolute Gasteiger partial charge is 0.122 e. The van der Waals surface area contributed by atoms with Crippen molar-refractivity contribution in [3.63, 3.8) is 0 Å². The van der Waals surface area contributed by atoms with Crippen LogP contribution < -0.4 is 10.1 Å². The summed E-state index contributed by atoms with van der Waals surface area (Å²) in [4.78, 5) is 0. The molecule has 0 saturated heterocycles. The number of aliphatic hydroxyl groups excluding tert-OH is 1. The normalized spacial score (nSPS) is 13.2.